The van der Waals surface area contributed by atoms with E-state index >= 15 is 0 Å². The molecule has 0 saturated heterocycles. The molecule has 0 aromatic carbocycles. The van der Waals surface area contributed by atoms with E-state index in [9.17, 15) is 0 Å². The third-order valence-corrected chi connectivity index (χ3v) is 2.66. The molecule has 1 heterocycles. The zero-order valence-electron chi connectivity index (χ0n) is 11.1. The molecule has 0 saturated carbocycles. The lowest BCUT2D eigenvalue weighted by molar-refractivity contribution is 0.341. The fourth-order valence-corrected chi connectivity index (χ4v) is 1.52. The molecule has 1 unspecified atom stereocenters. The average Bonchev–Trinajstić information content (AvgIpc) is 2.42. The summed E-state index contributed by atoms with van der Waals surface area (Å²) in [6.45, 7) is 3.59. The lowest BCUT2D eigenvalue weighted by Gasteiger charge is -2.14. The highest BCUT2D eigenvalue weighted by molar-refractivity contribution is 5.27. The van der Waals surface area contributed by atoms with E-state index in [1.807, 2.05) is 0 Å². The highest BCUT2D eigenvalue weighted by Gasteiger charge is 2.09. The first-order valence-electron chi connectivity index (χ1n) is 6.01. The van der Waals surface area contributed by atoms with Crippen molar-refractivity contribution < 1.29 is 9.47 Å². The Morgan fingerprint density at radius 2 is 1.78 bits per heavy atom. The minimum atomic E-state index is 0.233. The summed E-state index contributed by atoms with van der Waals surface area (Å²) in [5, 5.41) is 3.15. The summed E-state index contributed by atoms with van der Waals surface area (Å²) >= 11 is 0. The van der Waals surface area contributed by atoms with Gasteiger partial charge < -0.3 is 20.5 Å². The van der Waals surface area contributed by atoms with E-state index in [0.29, 0.717) is 18.4 Å². The molecule has 102 valence electrons. The van der Waals surface area contributed by atoms with Crippen LogP contribution in [0.2, 0.25) is 0 Å². The van der Waals surface area contributed by atoms with Crippen LogP contribution in [0.1, 0.15) is 19.8 Å². The van der Waals surface area contributed by atoms with Gasteiger partial charge in [-0.3, -0.25) is 0 Å². The molecule has 0 aliphatic carbocycles. The van der Waals surface area contributed by atoms with Gasteiger partial charge in [0.15, 0.2) is 0 Å². The molecule has 3 N–H and O–H groups in total. The fourth-order valence-electron chi connectivity index (χ4n) is 1.52. The maximum atomic E-state index is 5.56. The number of nitrogens with two attached hydrogens (primary N) is 1. The van der Waals surface area contributed by atoms with Crippen molar-refractivity contribution in [3.8, 4) is 12.0 Å². The highest BCUT2D eigenvalue weighted by Crippen LogP contribution is 2.13. The predicted molar refractivity (Wildman–Crippen MR) is 68.9 cm³/mol. The molecule has 1 atom stereocenters. The quantitative estimate of drug-likeness (QED) is 0.705. The second-order valence-corrected chi connectivity index (χ2v) is 3.86. The van der Waals surface area contributed by atoms with Gasteiger partial charge in [0.05, 0.1) is 14.2 Å². The Hall–Kier alpha value is -1.63. The molecule has 0 aliphatic rings. The number of nitrogens with zero attached hydrogens (tertiary/aromatic N) is 3. The molecule has 7 nitrogen and oxygen atoms in total. The zero-order valence-corrected chi connectivity index (χ0v) is 11.1. The summed E-state index contributed by atoms with van der Waals surface area (Å²) in [6, 6.07) is 0.465. The van der Waals surface area contributed by atoms with Crippen LogP contribution in [0.4, 0.5) is 5.95 Å². The van der Waals surface area contributed by atoms with Crippen molar-refractivity contribution >= 4 is 5.95 Å². The van der Waals surface area contributed by atoms with Crippen molar-refractivity contribution in [3.63, 3.8) is 0 Å². The Bertz CT molecular complexity index is 339. The van der Waals surface area contributed by atoms with Gasteiger partial charge in [0.25, 0.3) is 0 Å². The van der Waals surface area contributed by atoms with E-state index < -0.39 is 0 Å². The predicted octanol–water partition coefficient (Wildman–Crippen LogP) is 0.676. The molecule has 0 spiro atoms. The van der Waals surface area contributed by atoms with Gasteiger partial charge in [-0.05, 0) is 18.9 Å². The van der Waals surface area contributed by atoms with Gasteiger partial charge in [-0.1, -0.05) is 13.3 Å². The first kappa shape index (κ1) is 14.4. The minimum Gasteiger partial charge on any atom is -0.467 e. The van der Waals surface area contributed by atoms with Crippen LogP contribution in [0, 0.1) is 5.92 Å². The first-order valence-corrected chi connectivity index (χ1v) is 6.01. The Morgan fingerprint density at radius 3 is 2.22 bits per heavy atom. The number of methoxy groups -OCH3 is 2. The lowest BCUT2D eigenvalue weighted by Crippen LogP contribution is -2.18. The zero-order chi connectivity index (χ0) is 13.4. The summed E-state index contributed by atoms with van der Waals surface area (Å²) in [4.78, 5) is 12.1. The van der Waals surface area contributed by atoms with E-state index in [2.05, 4.69) is 27.2 Å². The number of anilines is 1. The molecule has 18 heavy (non-hydrogen) atoms. The number of hydrogen-bond acceptors (Lipinski definition) is 7. The summed E-state index contributed by atoms with van der Waals surface area (Å²) in [7, 11) is 3.00. The van der Waals surface area contributed by atoms with Gasteiger partial charge in [0, 0.05) is 6.54 Å². The molecule has 0 radical (unpaired) electrons. The van der Waals surface area contributed by atoms with Crippen molar-refractivity contribution in [1.29, 1.82) is 0 Å². The van der Waals surface area contributed by atoms with Gasteiger partial charge in [-0.15, -0.1) is 4.98 Å². The van der Waals surface area contributed by atoms with E-state index in [0.717, 1.165) is 19.4 Å². The Balaban J connectivity index is 2.65. The Kier molecular flexibility index (Phi) is 6.13. The Morgan fingerprint density at radius 1 is 1.17 bits per heavy atom. The first-order chi connectivity index (χ1) is 8.73. The van der Waals surface area contributed by atoms with Crippen molar-refractivity contribution in [2.24, 2.45) is 11.7 Å². The third kappa shape index (κ3) is 4.33. The van der Waals surface area contributed by atoms with Crippen LogP contribution in [0.5, 0.6) is 12.0 Å². The smallest absolute Gasteiger partial charge is 0.324 e. The highest BCUT2D eigenvalue weighted by atomic mass is 16.5. The molecular formula is C11H21N5O2. The second-order valence-electron chi connectivity index (χ2n) is 3.86. The largest absolute Gasteiger partial charge is 0.467 e. The van der Waals surface area contributed by atoms with Crippen LogP contribution in [0.25, 0.3) is 0 Å². The molecular weight excluding hydrogens is 234 g/mol. The number of aromatic nitrogens is 3. The number of ether oxygens (including phenoxy) is 2. The minimum absolute atomic E-state index is 0.233. The molecule has 0 amide bonds. The van der Waals surface area contributed by atoms with Crippen molar-refractivity contribution in [3.05, 3.63) is 0 Å². The van der Waals surface area contributed by atoms with Crippen LogP contribution in [0.3, 0.4) is 0 Å². The van der Waals surface area contributed by atoms with E-state index in [4.69, 9.17) is 15.2 Å². The van der Waals surface area contributed by atoms with E-state index in [1.165, 1.54) is 14.2 Å². The summed E-state index contributed by atoms with van der Waals surface area (Å²) < 4.78 is 9.95. The number of rotatable bonds is 8. The van der Waals surface area contributed by atoms with Crippen LogP contribution in [-0.4, -0.2) is 42.3 Å². The summed E-state index contributed by atoms with van der Waals surface area (Å²) in [6.07, 6.45) is 2.03. The van der Waals surface area contributed by atoms with E-state index in [-0.39, 0.29) is 12.0 Å². The molecule has 0 aliphatic heterocycles. The average molecular weight is 255 g/mol. The van der Waals surface area contributed by atoms with Crippen LogP contribution in [0.15, 0.2) is 0 Å². The van der Waals surface area contributed by atoms with Gasteiger partial charge in [0.1, 0.15) is 0 Å². The van der Waals surface area contributed by atoms with Gasteiger partial charge >= 0.3 is 12.0 Å². The van der Waals surface area contributed by atoms with Crippen LogP contribution in [-0.2, 0) is 0 Å². The van der Waals surface area contributed by atoms with Crippen molar-refractivity contribution in [2.45, 2.75) is 19.8 Å². The number of hydrogen-bond donors (Lipinski definition) is 2. The standard InChI is InChI=1S/C11H21N5O2/c1-4-8(5-6-12)7-13-9-14-10(17-2)16-11(15-9)18-3/h8H,4-7,12H2,1-3H3,(H,13,14,15,16). The number of nitrogens with one attached hydrogen (secondary N) is 1. The van der Waals surface area contributed by atoms with Gasteiger partial charge in [-0.25, -0.2) is 0 Å². The van der Waals surface area contributed by atoms with Gasteiger partial charge in [-0.2, -0.15) is 9.97 Å². The summed E-state index contributed by atoms with van der Waals surface area (Å²) in [5.41, 5.74) is 5.56. The maximum absolute atomic E-state index is 5.56. The monoisotopic (exact) mass is 255 g/mol. The lowest BCUT2D eigenvalue weighted by atomic mass is 10.0. The molecule has 7 heteroatoms. The summed E-state index contributed by atoms with van der Waals surface area (Å²) in [5.74, 6) is 0.956. The topological polar surface area (TPSA) is 95.2 Å². The Labute approximate surface area is 107 Å². The fraction of sp³-hybridized carbons (Fsp3) is 0.727. The van der Waals surface area contributed by atoms with Crippen molar-refractivity contribution in [1.82, 2.24) is 15.0 Å². The maximum Gasteiger partial charge on any atom is 0.324 e. The molecule has 1 aromatic heterocycles. The van der Waals surface area contributed by atoms with Crippen LogP contribution < -0.4 is 20.5 Å². The molecule has 1 aromatic rings. The second kappa shape index (κ2) is 7.65. The molecule has 0 bridgehead atoms. The normalized spacial score (nSPS) is 12.0. The van der Waals surface area contributed by atoms with Gasteiger partial charge in [0.2, 0.25) is 5.95 Å². The SMILES string of the molecule is CCC(CCN)CNc1nc(OC)nc(OC)n1. The molecule has 0 fully saturated rings. The van der Waals surface area contributed by atoms with E-state index in [1.54, 1.807) is 0 Å². The van der Waals surface area contributed by atoms with Crippen LogP contribution >= 0.6 is 0 Å². The van der Waals surface area contributed by atoms with Crippen molar-refractivity contribution in [2.75, 3.05) is 32.6 Å². The third-order valence-electron chi connectivity index (χ3n) is 2.66. The molecule has 1 rings (SSSR count).